The number of hydrogen-bond acceptors (Lipinski definition) is 4. The predicted octanol–water partition coefficient (Wildman–Crippen LogP) is 2.15. The standard InChI is InChI=1S/C18H26N2O3/c1-22-16-8-14(9-17(10-16)23-2)13-5-6-20(11-13)18(21)12-3-4-15(19)7-12/h8-10,12-13,15H,3-7,11,19H2,1-2H3/t12-,13+,15-/m0/s1. The van der Waals surface area contributed by atoms with Crippen LogP contribution in [0.2, 0.25) is 0 Å². The topological polar surface area (TPSA) is 64.8 Å². The lowest BCUT2D eigenvalue weighted by Crippen LogP contribution is -2.34. The van der Waals surface area contributed by atoms with Gasteiger partial charge >= 0.3 is 0 Å². The minimum Gasteiger partial charge on any atom is -0.497 e. The fraction of sp³-hybridized carbons (Fsp3) is 0.611. The van der Waals surface area contributed by atoms with Crippen molar-refractivity contribution in [1.29, 1.82) is 0 Å². The van der Waals surface area contributed by atoms with Crippen LogP contribution in [0.3, 0.4) is 0 Å². The number of rotatable bonds is 4. The van der Waals surface area contributed by atoms with Gasteiger partial charge in [-0.1, -0.05) is 0 Å². The van der Waals surface area contributed by atoms with Crippen LogP contribution in [-0.2, 0) is 4.79 Å². The average molecular weight is 318 g/mol. The van der Waals surface area contributed by atoms with Gasteiger partial charge in [-0.3, -0.25) is 4.79 Å². The van der Waals surface area contributed by atoms with E-state index in [0.717, 1.165) is 50.3 Å². The number of nitrogens with two attached hydrogens (primary N) is 1. The molecule has 1 aromatic rings. The number of amides is 1. The summed E-state index contributed by atoms with van der Waals surface area (Å²) in [4.78, 5) is 14.7. The van der Waals surface area contributed by atoms with Gasteiger partial charge in [0.25, 0.3) is 0 Å². The summed E-state index contributed by atoms with van der Waals surface area (Å²) in [5, 5.41) is 0. The number of likely N-dealkylation sites (tertiary alicyclic amines) is 1. The molecule has 2 aliphatic rings. The molecule has 2 N–H and O–H groups in total. The lowest BCUT2D eigenvalue weighted by Gasteiger charge is -2.21. The third kappa shape index (κ3) is 3.44. The second-order valence-electron chi connectivity index (χ2n) is 6.69. The zero-order chi connectivity index (χ0) is 16.4. The second-order valence-corrected chi connectivity index (χ2v) is 6.69. The van der Waals surface area contributed by atoms with Gasteiger partial charge in [0.1, 0.15) is 11.5 Å². The van der Waals surface area contributed by atoms with E-state index in [2.05, 4.69) is 0 Å². The predicted molar refractivity (Wildman–Crippen MR) is 88.8 cm³/mol. The van der Waals surface area contributed by atoms with Gasteiger partial charge in [-0.15, -0.1) is 0 Å². The smallest absolute Gasteiger partial charge is 0.225 e. The van der Waals surface area contributed by atoms with Crippen molar-refractivity contribution in [1.82, 2.24) is 4.90 Å². The molecule has 1 heterocycles. The van der Waals surface area contributed by atoms with E-state index in [-0.39, 0.29) is 17.9 Å². The number of hydrogen-bond donors (Lipinski definition) is 1. The highest BCUT2D eigenvalue weighted by Gasteiger charge is 2.35. The zero-order valence-corrected chi connectivity index (χ0v) is 14.0. The Bertz CT molecular complexity index is 553. The van der Waals surface area contributed by atoms with Crippen LogP contribution in [0, 0.1) is 5.92 Å². The Labute approximate surface area is 137 Å². The summed E-state index contributed by atoms with van der Waals surface area (Å²) in [6.07, 6.45) is 3.74. The molecule has 1 saturated heterocycles. The molecule has 2 fully saturated rings. The first-order valence-electron chi connectivity index (χ1n) is 8.38. The van der Waals surface area contributed by atoms with E-state index < -0.39 is 0 Å². The van der Waals surface area contributed by atoms with Crippen LogP contribution in [0.15, 0.2) is 18.2 Å². The average Bonchev–Trinajstić information content (AvgIpc) is 3.22. The van der Waals surface area contributed by atoms with Gasteiger partial charge in [-0.05, 0) is 43.4 Å². The molecule has 1 aliphatic carbocycles. The molecule has 126 valence electrons. The summed E-state index contributed by atoms with van der Waals surface area (Å²) in [7, 11) is 3.32. The molecule has 1 aliphatic heterocycles. The Hall–Kier alpha value is -1.75. The molecule has 0 radical (unpaired) electrons. The fourth-order valence-electron chi connectivity index (χ4n) is 3.80. The Morgan fingerprint density at radius 1 is 1.13 bits per heavy atom. The molecule has 0 unspecified atom stereocenters. The number of methoxy groups -OCH3 is 2. The molecule has 3 atom stereocenters. The molecule has 1 amide bonds. The van der Waals surface area contributed by atoms with Gasteiger partial charge in [0.05, 0.1) is 14.2 Å². The largest absolute Gasteiger partial charge is 0.497 e. The van der Waals surface area contributed by atoms with Crippen LogP contribution in [0.4, 0.5) is 0 Å². The van der Waals surface area contributed by atoms with E-state index in [1.807, 2.05) is 23.1 Å². The van der Waals surface area contributed by atoms with E-state index in [1.165, 1.54) is 5.56 Å². The van der Waals surface area contributed by atoms with Crippen molar-refractivity contribution in [2.75, 3.05) is 27.3 Å². The Balaban J connectivity index is 1.68. The van der Waals surface area contributed by atoms with Crippen molar-refractivity contribution in [3.63, 3.8) is 0 Å². The van der Waals surface area contributed by atoms with Crippen molar-refractivity contribution in [2.45, 2.75) is 37.6 Å². The highest BCUT2D eigenvalue weighted by atomic mass is 16.5. The van der Waals surface area contributed by atoms with Crippen LogP contribution in [0.25, 0.3) is 0 Å². The first kappa shape index (κ1) is 16.1. The summed E-state index contributed by atoms with van der Waals surface area (Å²) in [6, 6.07) is 6.17. The van der Waals surface area contributed by atoms with Crippen molar-refractivity contribution in [3.8, 4) is 11.5 Å². The normalized spacial score (nSPS) is 27.3. The third-order valence-electron chi connectivity index (χ3n) is 5.17. The summed E-state index contributed by atoms with van der Waals surface area (Å²) in [5.74, 6) is 2.36. The molecule has 3 rings (SSSR count). The van der Waals surface area contributed by atoms with Gasteiger partial charge in [0.15, 0.2) is 0 Å². The number of ether oxygens (including phenoxy) is 2. The lowest BCUT2D eigenvalue weighted by atomic mass is 9.98. The Kier molecular flexibility index (Phi) is 4.76. The number of nitrogens with zero attached hydrogens (tertiary/aromatic N) is 1. The van der Waals surface area contributed by atoms with Gasteiger partial charge in [0.2, 0.25) is 5.91 Å². The van der Waals surface area contributed by atoms with E-state index in [9.17, 15) is 4.79 Å². The Morgan fingerprint density at radius 2 is 1.83 bits per heavy atom. The first-order chi connectivity index (χ1) is 11.1. The van der Waals surface area contributed by atoms with E-state index in [4.69, 9.17) is 15.2 Å². The van der Waals surface area contributed by atoms with Crippen molar-refractivity contribution in [3.05, 3.63) is 23.8 Å². The van der Waals surface area contributed by atoms with Crippen LogP contribution < -0.4 is 15.2 Å². The molecule has 1 aromatic carbocycles. The highest BCUT2D eigenvalue weighted by Crippen LogP contribution is 2.35. The summed E-state index contributed by atoms with van der Waals surface area (Å²) in [5.41, 5.74) is 7.13. The van der Waals surface area contributed by atoms with Crippen molar-refractivity contribution < 1.29 is 14.3 Å². The molecule has 0 spiro atoms. The van der Waals surface area contributed by atoms with Gasteiger partial charge in [-0.25, -0.2) is 0 Å². The number of carbonyl (C=O) groups is 1. The maximum atomic E-state index is 12.6. The monoisotopic (exact) mass is 318 g/mol. The van der Waals surface area contributed by atoms with Crippen LogP contribution in [0.1, 0.15) is 37.2 Å². The zero-order valence-electron chi connectivity index (χ0n) is 14.0. The van der Waals surface area contributed by atoms with Crippen LogP contribution in [0.5, 0.6) is 11.5 Å². The first-order valence-corrected chi connectivity index (χ1v) is 8.38. The van der Waals surface area contributed by atoms with Gasteiger partial charge in [-0.2, -0.15) is 0 Å². The van der Waals surface area contributed by atoms with E-state index >= 15 is 0 Å². The minimum atomic E-state index is 0.128. The molecule has 23 heavy (non-hydrogen) atoms. The van der Waals surface area contributed by atoms with Gasteiger partial charge in [0, 0.05) is 37.0 Å². The minimum absolute atomic E-state index is 0.128. The maximum absolute atomic E-state index is 12.6. The quantitative estimate of drug-likeness (QED) is 0.924. The van der Waals surface area contributed by atoms with Gasteiger partial charge < -0.3 is 20.1 Å². The molecule has 5 nitrogen and oxygen atoms in total. The molecular weight excluding hydrogens is 292 g/mol. The Morgan fingerprint density at radius 3 is 2.39 bits per heavy atom. The summed E-state index contributed by atoms with van der Waals surface area (Å²) in [6.45, 7) is 1.61. The van der Waals surface area contributed by atoms with Crippen LogP contribution in [-0.4, -0.2) is 44.2 Å². The SMILES string of the molecule is COc1cc(OC)cc([C@@H]2CCN(C(=O)[C@H]3CC[C@H](N)C3)C2)c1. The molecular formula is C18H26N2O3. The molecule has 1 saturated carbocycles. The fourth-order valence-corrected chi connectivity index (χ4v) is 3.80. The number of benzene rings is 1. The van der Waals surface area contributed by atoms with Crippen molar-refractivity contribution in [2.24, 2.45) is 11.7 Å². The van der Waals surface area contributed by atoms with E-state index in [1.54, 1.807) is 14.2 Å². The lowest BCUT2D eigenvalue weighted by molar-refractivity contribution is -0.134. The van der Waals surface area contributed by atoms with Crippen molar-refractivity contribution >= 4 is 5.91 Å². The maximum Gasteiger partial charge on any atom is 0.225 e. The molecule has 0 bridgehead atoms. The summed E-state index contributed by atoms with van der Waals surface area (Å²) < 4.78 is 10.7. The summed E-state index contributed by atoms with van der Waals surface area (Å²) >= 11 is 0. The highest BCUT2D eigenvalue weighted by molar-refractivity contribution is 5.79. The van der Waals surface area contributed by atoms with E-state index in [0.29, 0.717) is 5.92 Å². The molecule has 0 aromatic heterocycles. The van der Waals surface area contributed by atoms with Crippen LogP contribution >= 0.6 is 0 Å². The third-order valence-corrected chi connectivity index (χ3v) is 5.17. The number of carbonyl (C=O) groups excluding carboxylic acids is 1. The second kappa shape index (κ2) is 6.79. The molecule has 5 heteroatoms.